The number of anilines is 2. The predicted molar refractivity (Wildman–Crippen MR) is 141 cm³/mol. The van der Waals surface area contributed by atoms with Crippen LogP contribution in [0.2, 0.25) is 0 Å². The van der Waals surface area contributed by atoms with Crippen LogP contribution >= 0.6 is 0 Å². The third kappa shape index (κ3) is 5.45. The standard InChI is InChI=1S/C26H41N9O/c1-26(2,18-27)35-15-13-33(14-16-35)20-9-7-19(8-10-20)29-23-22-21(17-28-32-24(22)36)30-25(31-23)34-11-5-3-4-6-12-34/h7-10,21-23,25,28-31H,3-6,11-17H2,1-2H3,(H,32,36). The lowest BCUT2D eigenvalue weighted by Crippen LogP contribution is -2.76. The Morgan fingerprint density at radius 2 is 1.67 bits per heavy atom. The molecule has 0 aliphatic carbocycles. The molecule has 4 saturated heterocycles. The van der Waals surface area contributed by atoms with Gasteiger partial charge < -0.3 is 10.2 Å². The van der Waals surface area contributed by atoms with Crippen LogP contribution in [-0.2, 0) is 4.79 Å². The summed E-state index contributed by atoms with van der Waals surface area (Å²) in [6, 6.07) is 11.0. The van der Waals surface area contributed by atoms with Crippen LogP contribution < -0.4 is 31.7 Å². The van der Waals surface area contributed by atoms with Gasteiger partial charge in [0, 0.05) is 63.2 Å². The lowest BCUT2D eigenvalue weighted by atomic mass is 9.91. The summed E-state index contributed by atoms with van der Waals surface area (Å²) in [4.78, 5) is 19.9. The zero-order valence-corrected chi connectivity index (χ0v) is 21.6. The minimum atomic E-state index is -0.425. The van der Waals surface area contributed by atoms with Gasteiger partial charge in [0.15, 0.2) is 0 Å². The summed E-state index contributed by atoms with van der Waals surface area (Å²) in [5.74, 6) is -0.210. The number of nitrogens with one attached hydrogen (secondary N) is 5. The minimum absolute atomic E-state index is 0.00727. The second-order valence-corrected chi connectivity index (χ2v) is 11.0. The van der Waals surface area contributed by atoms with Crippen molar-refractivity contribution in [2.45, 2.75) is 63.6 Å². The highest BCUT2D eigenvalue weighted by Gasteiger charge is 2.45. The van der Waals surface area contributed by atoms with E-state index in [1.54, 1.807) is 0 Å². The Hall–Kier alpha value is -2.42. The molecule has 0 saturated carbocycles. The number of carbonyl (C=O) groups excluding carboxylic acids is 1. The number of hydrazine groups is 1. The molecule has 0 aromatic heterocycles. The smallest absolute Gasteiger partial charge is 0.242 e. The van der Waals surface area contributed by atoms with E-state index in [1.807, 2.05) is 13.8 Å². The van der Waals surface area contributed by atoms with Crippen LogP contribution in [0.3, 0.4) is 0 Å². The van der Waals surface area contributed by atoms with E-state index in [0.29, 0.717) is 6.54 Å². The maximum Gasteiger partial charge on any atom is 0.242 e. The van der Waals surface area contributed by atoms with Gasteiger partial charge >= 0.3 is 0 Å². The van der Waals surface area contributed by atoms with Crippen molar-refractivity contribution >= 4 is 17.3 Å². The number of amides is 1. The first-order chi connectivity index (χ1) is 17.4. The number of nitrogens with zero attached hydrogens (tertiary/aromatic N) is 4. The number of nitriles is 1. The minimum Gasteiger partial charge on any atom is -0.369 e. The van der Waals surface area contributed by atoms with Gasteiger partial charge in [-0.3, -0.25) is 30.7 Å². The highest BCUT2D eigenvalue weighted by Crippen LogP contribution is 2.26. The summed E-state index contributed by atoms with van der Waals surface area (Å²) in [6.45, 7) is 10.4. The first kappa shape index (κ1) is 25.2. The molecular weight excluding hydrogens is 454 g/mol. The molecule has 5 N–H and O–H groups in total. The second-order valence-electron chi connectivity index (χ2n) is 11.0. The number of piperazine rings is 1. The van der Waals surface area contributed by atoms with Crippen LogP contribution in [0.1, 0.15) is 39.5 Å². The van der Waals surface area contributed by atoms with Crippen molar-refractivity contribution in [2.75, 3.05) is 56.0 Å². The summed E-state index contributed by atoms with van der Waals surface area (Å²) in [7, 11) is 0. The summed E-state index contributed by atoms with van der Waals surface area (Å²) in [5, 5.41) is 20.5. The van der Waals surface area contributed by atoms with Crippen LogP contribution in [-0.4, -0.2) is 85.6 Å². The molecule has 0 bridgehead atoms. The molecule has 4 unspecified atom stereocenters. The Morgan fingerprint density at radius 1 is 0.972 bits per heavy atom. The van der Waals surface area contributed by atoms with Gasteiger partial charge in [-0.25, -0.2) is 5.43 Å². The SMILES string of the molecule is CC(C)(C#N)N1CCN(c2ccc(NC3NC(N4CCCCCC4)NC4CNNC(=O)C43)cc2)CC1. The maximum absolute atomic E-state index is 12.8. The second kappa shape index (κ2) is 10.9. The first-order valence-corrected chi connectivity index (χ1v) is 13.5. The number of hydrogen-bond acceptors (Lipinski definition) is 9. The molecule has 36 heavy (non-hydrogen) atoms. The van der Waals surface area contributed by atoms with Crippen LogP contribution in [0.5, 0.6) is 0 Å². The molecule has 1 amide bonds. The van der Waals surface area contributed by atoms with Gasteiger partial charge in [-0.1, -0.05) is 12.8 Å². The Kier molecular flexibility index (Phi) is 7.65. The average Bonchev–Trinajstić information content (AvgIpc) is 3.19. The van der Waals surface area contributed by atoms with E-state index >= 15 is 0 Å². The van der Waals surface area contributed by atoms with Gasteiger partial charge in [-0.05, 0) is 51.0 Å². The Bertz CT molecular complexity index is 930. The summed E-state index contributed by atoms with van der Waals surface area (Å²) in [5.41, 5.74) is 7.63. The fraction of sp³-hybridized carbons (Fsp3) is 0.692. The van der Waals surface area contributed by atoms with E-state index in [4.69, 9.17) is 0 Å². The Balaban J connectivity index is 1.24. The van der Waals surface area contributed by atoms with Gasteiger partial charge in [0.2, 0.25) is 5.91 Å². The Morgan fingerprint density at radius 3 is 2.33 bits per heavy atom. The highest BCUT2D eigenvalue weighted by atomic mass is 16.2. The van der Waals surface area contributed by atoms with Gasteiger partial charge in [0.05, 0.1) is 18.2 Å². The van der Waals surface area contributed by atoms with Crippen molar-refractivity contribution in [3.63, 3.8) is 0 Å². The maximum atomic E-state index is 12.8. The molecule has 4 fully saturated rings. The number of hydrogen-bond donors (Lipinski definition) is 5. The highest BCUT2D eigenvalue weighted by molar-refractivity contribution is 5.81. The van der Waals surface area contributed by atoms with Crippen LogP contribution in [0.25, 0.3) is 0 Å². The van der Waals surface area contributed by atoms with E-state index in [2.05, 4.69) is 71.8 Å². The number of benzene rings is 1. The molecule has 4 aliphatic rings. The number of rotatable bonds is 5. The molecule has 0 spiro atoms. The van der Waals surface area contributed by atoms with Gasteiger partial charge in [0.25, 0.3) is 0 Å². The van der Waals surface area contributed by atoms with E-state index in [1.165, 1.54) is 31.4 Å². The van der Waals surface area contributed by atoms with Crippen LogP contribution in [0.15, 0.2) is 24.3 Å². The van der Waals surface area contributed by atoms with E-state index in [0.717, 1.165) is 45.0 Å². The first-order valence-electron chi connectivity index (χ1n) is 13.5. The monoisotopic (exact) mass is 495 g/mol. The van der Waals surface area contributed by atoms with Gasteiger partial charge in [0.1, 0.15) is 11.8 Å². The van der Waals surface area contributed by atoms with Gasteiger partial charge in [-0.15, -0.1) is 0 Å². The molecule has 196 valence electrons. The van der Waals surface area contributed by atoms with Crippen LogP contribution in [0.4, 0.5) is 11.4 Å². The van der Waals surface area contributed by atoms with Gasteiger partial charge in [-0.2, -0.15) is 5.26 Å². The molecule has 4 atom stereocenters. The fourth-order valence-corrected chi connectivity index (χ4v) is 5.95. The lowest BCUT2D eigenvalue weighted by Gasteiger charge is -2.48. The predicted octanol–water partition coefficient (Wildman–Crippen LogP) is 0.820. The average molecular weight is 496 g/mol. The third-order valence-corrected chi connectivity index (χ3v) is 8.24. The van der Waals surface area contributed by atoms with Crippen molar-refractivity contribution in [1.82, 2.24) is 31.3 Å². The van der Waals surface area contributed by atoms with Crippen molar-refractivity contribution < 1.29 is 4.79 Å². The van der Waals surface area contributed by atoms with Crippen LogP contribution in [0, 0.1) is 17.2 Å². The Labute approximate surface area is 214 Å². The van der Waals surface area contributed by atoms with E-state index in [9.17, 15) is 10.1 Å². The molecule has 1 aromatic carbocycles. The normalized spacial score (nSPS) is 30.6. The van der Waals surface area contributed by atoms with Crippen molar-refractivity contribution in [3.05, 3.63) is 24.3 Å². The molecule has 4 heterocycles. The van der Waals surface area contributed by atoms with E-state index < -0.39 is 5.54 Å². The number of fused-ring (bicyclic) bond motifs is 1. The van der Waals surface area contributed by atoms with Crippen molar-refractivity contribution in [3.8, 4) is 6.07 Å². The molecule has 10 heteroatoms. The fourth-order valence-electron chi connectivity index (χ4n) is 5.95. The van der Waals surface area contributed by atoms with Crippen molar-refractivity contribution in [2.24, 2.45) is 5.92 Å². The summed E-state index contributed by atoms with van der Waals surface area (Å²) >= 11 is 0. The largest absolute Gasteiger partial charge is 0.369 e. The molecular formula is C26H41N9O. The quantitative estimate of drug-likeness (QED) is 0.405. The molecule has 5 rings (SSSR count). The van der Waals surface area contributed by atoms with E-state index in [-0.39, 0.29) is 30.3 Å². The number of likely N-dealkylation sites (tertiary alicyclic amines) is 1. The third-order valence-electron chi connectivity index (χ3n) is 8.24. The zero-order valence-electron chi connectivity index (χ0n) is 21.6. The summed E-state index contributed by atoms with van der Waals surface area (Å²) in [6.07, 6.45) is 4.89. The molecule has 10 nitrogen and oxygen atoms in total. The lowest BCUT2D eigenvalue weighted by molar-refractivity contribution is -0.132. The molecule has 1 aromatic rings. The molecule has 0 radical (unpaired) electrons. The summed E-state index contributed by atoms with van der Waals surface area (Å²) < 4.78 is 0. The number of carbonyl (C=O) groups is 1. The molecule has 4 aliphatic heterocycles. The topological polar surface area (TPSA) is 111 Å². The zero-order chi connectivity index (χ0) is 25.1. The van der Waals surface area contributed by atoms with Crippen molar-refractivity contribution in [1.29, 1.82) is 5.26 Å².